The second-order valence-electron chi connectivity index (χ2n) is 3.11. The Morgan fingerprint density at radius 1 is 1.64 bits per heavy atom. The third-order valence-electron chi connectivity index (χ3n) is 2.02. The number of aryl methyl sites for hydroxylation is 1. The lowest BCUT2D eigenvalue weighted by Gasteiger charge is -2.18. The Balaban J connectivity index is 0.000000500. The number of hydrogen-bond donors (Lipinski definition) is 1. The van der Waals surface area contributed by atoms with Gasteiger partial charge in [-0.3, -0.25) is 4.68 Å². The molecule has 0 fully saturated rings. The minimum absolute atomic E-state index is 0.250. The van der Waals surface area contributed by atoms with E-state index >= 15 is 0 Å². The van der Waals surface area contributed by atoms with Crippen LogP contribution in [0.3, 0.4) is 0 Å². The number of aliphatic hydroxyl groups is 1. The highest BCUT2D eigenvalue weighted by molar-refractivity contribution is 5.20. The standard InChI is InChI=1S/C8H14N2O.CO2/c1-4-8(2,11)7-5-9-10(3)6-7;2-1-3/h5-6,11H,4H2,1-3H3;. The highest BCUT2D eigenvalue weighted by atomic mass is 16.3. The average molecular weight is 198 g/mol. The molecule has 0 saturated heterocycles. The SMILES string of the molecule is CCC(C)(O)c1cnn(C)c1.O=C=O. The molecule has 1 unspecified atom stereocenters. The molecule has 0 radical (unpaired) electrons. The third-order valence-corrected chi connectivity index (χ3v) is 2.02. The van der Waals surface area contributed by atoms with E-state index in [9.17, 15) is 5.11 Å². The van der Waals surface area contributed by atoms with Gasteiger partial charge in [-0.15, -0.1) is 0 Å². The molecular weight excluding hydrogens is 184 g/mol. The lowest BCUT2D eigenvalue weighted by Crippen LogP contribution is -2.18. The molecule has 0 aliphatic heterocycles. The molecule has 14 heavy (non-hydrogen) atoms. The molecule has 78 valence electrons. The fourth-order valence-corrected chi connectivity index (χ4v) is 0.903. The van der Waals surface area contributed by atoms with Gasteiger partial charge < -0.3 is 5.11 Å². The van der Waals surface area contributed by atoms with Crippen LogP contribution in [0.15, 0.2) is 12.4 Å². The number of nitrogens with zero attached hydrogens (tertiary/aromatic N) is 2. The molecule has 1 N–H and O–H groups in total. The van der Waals surface area contributed by atoms with Crippen LogP contribution in [0.2, 0.25) is 0 Å². The lowest BCUT2D eigenvalue weighted by atomic mass is 9.97. The van der Waals surface area contributed by atoms with E-state index in [4.69, 9.17) is 9.59 Å². The van der Waals surface area contributed by atoms with Crippen LogP contribution in [0.4, 0.5) is 0 Å². The molecule has 0 amide bonds. The fourth-order valence-electron chi connectivity index (χ4n) is 0.903. The van der Waals surface area contributed by atoms with Crippen molar-refractivity contribution in [2.24, 2.45) is 7.05 Å². The molecule has 5 heteroatoms. The van der Waals surface area contributed by atoms with Crippen molar-refractivity contribution in [3.63, 3.8) is 0 Å². The zero-order valence-corrected chi connectivity index (χ0v) is 8.52. The summed E-state index contributed by atoms with van der Waals surface area (Å²) >= 11 is 0. The van der Waals surface area contributed by atoms with Gasteiger partial charge in [-0.05, 0) is 13.3 Å². The first-order valence-corrected chi connectivity index (χ1v) is 4.18. The van der Waals surface area contributed by atoms with Crippen molar-refractivity contribution in [1.29, 1.82) is 0 Å². The smallest absolute Gasteiger partial charge is 0.373 e. The summed E-state index contributed by atoms with van der Waals surface area (Å²) in [5, 5.41) is 13.7. The molecule has 1 aromatic rings. The van der Waals surface area contributed by atoms with Gasteiger partial charge in [0, 0.05) is 18.8 Å². The van der Waals surface area contributed by atoms with Gasteiger partial charge in [-0.1, -0.05) is 6.92 Å². The van der Waals surface area contributed by atoms with Crippen molar-refractivity contribution >= 4 is 6.15 Å². The van der Waals surface area contributed by atoms with Crippen LogP contribution in [-0.4, -0.2) is 21.0 Å². The topological polar surface area (TPSA) is 72.2 Å². The number of rotatable bonds is 2. The summed E-state index contributed by atoms with van der Waals surface area (Å²) in [6.07, 6.45) is 4.49. The van der Waals surface area contributed by atoms with E-state index in [-0.39, 0.29) is 6.15 Å². The molecule has 5 nitrogen and oxygen atoms in total. The van der Waals surface area contributed by atoms with E-state index in [1.807, 2.05) is 20.2 Å². The van der Waals surface area contributed by atoms with Crippen molar-refractivity contribution < 1.29 is 14.7 Å². The van der Waals surface area contributed by atoms with Crippen LogP contribution in [0.1, 0.15) is 25.8 Å². The summed E-state index contributed by atoms with van der Waals surface area (Å²) in [5.74, 6) is 0. The van der Waals surface area contributed by atoms with E-state index in [1.54, 1.807) is 17.8 Å². The number of carbonyl (C=O) groups excluding carboxylic acids is 2. The molecule has 1 atom stereocenters. The first-order chi connectivity index (χ1) is 6.47. The van der Waals surface area contributed by atoms with Gasteiger partial charge in [0.2, 0.25) is 0 Å². The van der Waals surface area contributed by atoms with Gasteiger partial charge in [0.05, 0.1) is 11.8 Å². The maximum atomic E-state index is 9.75. The van der Waals surface area contributed by atoms with E-state index in [1.165, 1.54) is 0 Å². The van der Waals surface area contributed by atoms with Crippen molar-refractivity contribution in [3.05, 3.63) is 18.0 Å². The average Bonchev–Trinajstić information content (AvgIpc) is 2.54. The molecular formula is C9H14N2O3. The predicted octanol–water partition coefficient (Wildman–Crippen LogP) is 0.454. The Morgan fingerprint density at radius 2 is 2.14 bits per heavy atom. The molecule has 0 spiro atoms. The molecule has 0 aliphatic rings. The molecule has 0 saturated carbocycles. The predicted molar refractivity (Wildman–Crippen MR) is 48.1 cm³/mol. The van der Waals surface area contributed by atoms with Crippen LogP contribution < -0.4 is 0 Å². The molecule has 1 rings (SSSR count). The van der Waals surface area contributed by atoms with Gasteiger partial charge in [0.1, 0.15) is 0 Å². The maximum absolute atomic E-state index is 9.75. The zero-order valence-electron chi connectivity index (χ0n) is 8.52. The van der Waals surface area contributed by atoms with Gasteiger partial charge in [-0.25, -0.2) is 0 Å². The minimum atomic E-state index is -0.728. The van der Waals surface area contributed by atoms with Crippen molar-refractivity contribution in [2.45, 2.75) is 25.9 Å². The first-order valence-electron chi connectivity index (χ1n) is 4.18. The van der Waals surface area contributed by atoms with Crippen LogP contribution in [0.5, 0.6) is 0 Å². The summed E-state index contributed by atoms with van der Waals surface area (Å²) in [6, 6.07) is 0. The van der Waals surface area contributed by atoms with Gasteiger partial charge >= 0.3 is 6.15 Å². The van der Waals surface area contributed by atoms with Crippen molar-refractivity contribution in [2.75, 3.05) is 0 Å². The van der Waals surface area contributed by atoms with Crippen LogP contribution in [0, 0.1) is 0 Å². The molecule has 1 heterocycles. The summed E-state index contributed by atoms with van der Waals surface area (Å²) in [5.41, 5.74) is 0.149. The quantitative estimate of drug-likeness (QED) is 0.749. The fraction of sp³-hybridized carbons (Fsp3) is 0.556. The summed E-state index contributed by atoms with van der Waals surface area (Å²) in [7, 11) is 1.84. The molecule has 0 aliphatic carbocycles. The summed E-state index contributed by atoms with van der Waals surface area (Å²) in [4.78, 5) is 16.2. The first kappa shape index (κ1) is 12.6. The Hall–Kier alpha value is -1.45. The number of hydrogen-bond acceptors (Lipinski definition) is 4. The zero-order chi connectivity index (χ0) is 11.2. The van der Waals surface area contributed by atoms with Crippen LogP contribution >= 0.6 is 0 Å². The maximum Gasteiger partial charge on any atom is 0.373 e. The Kier molecular flexibility index (Phi) is 4.77. The third kappa shape index (κ3) is 3.51. The summed E-state index contributed by atoms with van der Waals surface area (Å²) in [6.45, 7) is 3.75. The molecule has 0 bridgehead atoms. The van der Waals surface area contributed by atoms with Crippen molar-refractivity contribution in [3.8, 4) is 0 Å². The monoisotopic (exact) mass is 198 g/mol. The van der Waals surface area contributed by atoms with Gasteiger partial charge in [0.15, 0.2) is 0 Å². The van der Waals surface area contributed by atoms with E-state index < -0.39 is 5.60 Å². The van der Waals surface area contributed by atoms with Gasteiger partial charge in [-0.2, -0.15) is 14.7 Å². The Morgan fingerprint density at radius 3 is 2.43 bits per heavy atom. The highest BCUT2D eigenvalue weighted by Gasteiger charge is 2.21. The number of aromatic nitrogens is 2. The van der Waals surface area contributed by atoms with Gasteiger partial charge in [0.25, 0.3) is 0 Å². The second kappa shape index (κ2) is 5.32. The molecule has 0 aromatic carbocycles. The van der Waals surface area contributed by atoms with E-state index in [2.05, 4.69) is 5.10 Å². The largest absolute Gasteiger partial charge is 0.385 e. The van der Waals surface area contributed by atoms with Crippen molar-refractivity contribution in [1.82, 2.24) is 9.78 Å². The normalized spacial score (nSPS) is 13.4. The Labute approximate surface area is 82.4 Å². The highest BCUT2D eigenvalue weighted by Crippen LogP contribution is 2.22. The second-order valence-corrected chi connectivity index (χ2v) is 3.11. The molecule has 1 aromatic heterocycles. The van der Waals surface area contributed by atoms with Crippen LogP contribution in [0.25, 0.3) is 0 Å². The lowest BCUT2D eigenvalue weighted by molar-refractivity contribution is -0.191. The van der Waals surface area contributed by atoms with E-state index in [0.717, 1.165) is 5.56 Å². The summed E-state index contributed by atoms with van der Waals surface area (Å²) < 4.78 is 1.69. The van der Waals surface area contributed by atoms with Crippen LogP contribution in [-0.2, 0) is 22.2 Å². The van der Waals surface area contributed by atoms with E-state index in [0.29, 0.717) is 6.42 Å². The Bertz CT molecular complexity index is 312. The minimum Gasteiger partial charge on any atom is -0.385 e.